The van der Waals surface area contributed by atoms with Crippen LogP contribution in [0.2, 0.25) is 0 Å². The number of carbonyl (C=O) groups excluding carboxylic acids is 2. The second kappa shape index (κ2) is 8.38. The second-order valence-corrected chi connectivity index (χ2v) is 7.80. The predicted molar refractivity (Wildman–Crippen MR) is 107 cm³/mol. The molecule has 0 saturated carbocycles. The first kappa shape index (κ1) is 19.2. The van der Waals surface area contributed by atoms with E-state index in [-0.39, 0.29) is 36.1 Å². The lowest BCUT2D eigenvalue weighted by Crippen LogP contribution is -2.37. The minimum Gasteiger partial charge on any atom is -0.349 e. The van der Waals surface area contributed by atoms with Crippen molar-refractivity contribution < 1.29 is 9.59 Å². The lowest BCUT2D eigenvalue weighted by atomic mass is 9.95. The Morgan fingerprint density at radius 3 is 2.41 bits per heavy atom. The quantitative estimate of drug-likeness (QED) is 0.846. The van der Waals surface area contributed by atoms with E-state index in [2.05, 4.69) is 19.2 Å². The van der Waals surface area contributed by atoms with Gasteiger partial charge in [0.15, 0.2) is 0 Å². The Balaban J connectivity index is 1.63. The van der Waals surface area contributed by atoms with Gasteiger partial charge in [-0.05, 0) is 24.0 Å². The van der Waals surface area contributed by atoms with Crippen molar-refractivity contribution in [1.82, 2.24) is 10.2 Å². The van der Waals surface area contributed by atoms with Gasteiger partial charge in [-0.2, -0.15) is 0 Å². The van der Waals surface area contributed by atoms with Crippen LogP contribution in [-0.2, 0) is 16.1 Å². The molecule has 2 aromatic rings. The molecule has 1 aliphatic rings. The third-order valence-electron chi connectivity index (χ3n) is 5.20. The number of benzene rings is 2. The molecule has 4 nitrogen and oxygen atoms in total. The standard InChI is InChI=1S/C23H28N2O2/c1-16(2)22(19-7-5-4-6-8-19)24-23(27)20-13-21(26)25(15-20)14-18-11-9-17(3)10-12-18/h4-12,16,20,22H,13-15H2,1-3H3,(H,24,27). The maximum atomic E-state index is 12.8. The van der Waals surface area contributed by atoms with Crippen molar-refractivity contribution in [3.05, 3.63) is 71.3 Å². The number of nitrogens with one attached hydrogen (secondary N) is 1. The van der Waals surface area contributed by atoms with Crippen LogP contribution in [0.15, 0.2) is 54.6 Å². The fourth-order valence-corrected chi connectivity index (χ4v) is 3.58. The highest BCUT2D eigenvalue weighted by atomic mass is 16.2. The summed E-state index contributed by atoms with van der Waals surface area (Å²) < 4.78 is 0. The molecule has 0 radical (unpaired) electrons. The fourth-order valence-electron chi connectivity index (χ4n) is 3.58. The van der Waals surface area contributed by atoms with Gasteiger partial charge in [0.25, 0.3) is 0 Å². The highest BCUT2D eigenvalue weighted by Gasteiger charge is 2.35. The second-order valence-electron chi connectivity index (χ2n) is 7.80. The third-order valence-corrected chi connectivity index (χ3v) is 5.20. The van der Waals surface area contributed by atoms with E-state index in [1.165, 1.54) is 5.56 Å². The Morgan fingerprint density at radius 2 is 1.78 bits per heavy atom. The Morgan fingerprint density at radius 1 is 1.11 bits per heavy atom. The summed E-state index contributed by atoms with van der Waals surface area (Å²) in [6, 6.07) is 18.2. The topological polar surface area (TPSA) is 49.4 Å². The molecular weight excluding hydrogens is 336 g/mol. The number of hydrogen-bond donors (Lipinski definition) is 1. The van der Waals surface area contributed by atoms with Gasteiger partial charge in [-0.1, -0.05) is 74.0 Å². The zero-order chi connectivity index (χ0) is 19.4. The molecule has 0 bridgehead atoms. The first-order valence-electron chi connectivity index (χ1n) is 9.62. The van der Waals surface area contributed by atoms with Crippen molar-refractivity contribution in [1.29, 1.82) is 0 Å². The lowest BCUT2D eigenvalue weighted by Gasteiger charge is -2.24. The number of likely N-dealkylation sites (tertiary alicyclic amines) is 1. The van der Waals surface area contributed by atoms with Crippen molar-refractivity contribution in [2.24, 2.45) is 11.8 Å². The Kier molecular flexibility index (Phi) is 5.94. The largest absolute Gasteiger partial charge is 0.349 e. The SMILES string of the molecule is Cc1ccc(CN2CC(C(=O)NC(c3ccccc3)C(C)C)CC2=O)cc1. The van der Waals surface area contributed by atoms with Gasteiger partial charge in [0.2, 0.25) is 11.8 Å². The zero-order valence-corrected chi connectivity index (χ0v) is 16.3. The average molecular weight is 364 g/mol. The normalized spacial score (nSPS) is 18.0. The van der Waals surface area contributed by atoms with Crippen LogP contribution in [0.3, 0.4) is 0 Å². The molecule has 2 amide bonds. The van der Waals surface area contributed by atoms with Gasteiger partial charge in [-0.15, -0.1) is 0 Å². The van der Waals surface area contributed by atoms with Crippen molar-refractivity contribution >= 4 is 11.8 Å². The first-order chi connectivity index (χ1) is 12.9. The molecule has 2 atom stereocenters. The number of nitrogens with zero attached hydrogens (tertiary/aromatic N) is 1. The lowest BCUT2D eigenvalue weighted by molar-refractivity contribution is -0.129. The summed E-state index contributed by atoms with van der Waals surface area (Å²) in [6.45, 7) is 7.29. The molecule has 27 heavy (non-hydrogen) atoms. The summed E-state index contributed by atoms with van der Waals surface area (Å²) in [7, 11) is 0. The molecule has 1 aliphatic heterocycles. The zero-order valence-electron chi connectivity index (χ0n) is 16.3. The van der Waals surface area contributed by atoms with E-state index in [0.29, 0.717) is 13.1 Å². The minimum absolute atomic E-state index is 0.0303. The van der Waals surface area contributed by atoms with Crippen molar-refractivity contribution in [3.63, 3.8) is 0 Å². The van der Waals surface area contributed by atoms with Crippen LogP contribution in [-0.4, -0.2) is 23.3 Å². The molecule has 142 valence electrons. The monoisotopic (exact) mass is 364 g/mol. The van der Waals surface area contributed by atoms with Crippen LogP contribution in [0, 0.1) is 18.8 Å². The van der Waals surface area contributed by atoms with E-state index >= 15 is 0 Å². The van der Waals surface area contributed by atoms with Crippen LogP contribution >= 0.6 is 0 Å². The van der Waals surface area contributed by atoms with Crippen molar-refractivity contribution in [2.45, 2.75) is 39.8 Å². The van der Waals surface area contributed by atoms with Crippen LogP contribution in [0.1, 0.15) is 43.0 Å². The molecule has 1 saturated heterocycles. The van der Waals surface area contributed by atoms with Gasteiger partial charge in [0, 0.05) is 19.5 Å². The molecule has 2 unspecified atom stereocenters. The van der Waals surface area contributed by atoms with Gasteiger partial charge in [-0.3, -0.25) is 9.59 Å². The fraction of sp³-hybridized carbons (Fsp3) is 0.391. The number of amides is 2. The molecule has 1 heterocycles. The van der Waals surface area contributed by atoms with E-state index in [1.54, 1.807) is 4.90 Å². The highest BCUT2D eigenvalue weighted by Crippen LogP contribution is 2.25. The maximum Gasteiger partial charge on any atom is 0.225 e. The number of carbonyl (C=O) groups is 2. The number of hydrogen-bond acceptors (Lipinski definition) is 2. The van der Waals surface area contributed by atoms with E-state index in [4.69, 9.17) is 0 Å². The van der Waals surface area contributed by atoms with Gasteiger partial charge in [-0.25, -0.2) is 0 Å². The highest BCUT2D eigenvalue weighted by molar-refractivity contribution is 5.89. The summed E-state index contributed by atoms with van der Waals surface area (Å²) in [5.74, 6) is 0.0128. The summed E-state index contributed by atoms with van der Waals surface area (Å²) in [6.07, 6.45) is 0.289. The molecule has 0 aliphatic carbocycles. The molecule has 3 rings (SSSR count). The summed E-state index contributed by atoms with van der Waals surface area (Å²) in [5, 5.41) is 3.17. The number of rotatable bonds is 6. The smallest absolute Gasteiger partial charge is 0.225 e. The number of aryl methyl sites for hydroxylation is 1. The summed E-state index contributed by atoms with van der Waals surface area (Å²) in [4.78, 5) is 27.0. The van der Waals surface area contributed by atoms with Gasteiger partial charge in [0.1, 0.15) is 0 Å². The van der Waals surface area contributed by atoms with Crippen LogP contribution in [0.5, 0.6) is 0 Å². The summed E-state index contributed by atoms with van der Waals surface area (Å²) >= 11 is 0. The maximum absolute atomic E-state index is 12.8. The molecule has 0 spiro atoms. The van der Waals surface area contributed by atoms with E-state index in [1.807, 2.05) is 61.5 Å². The molecule has 1 N–H and O–H groups in total. The first-order valence-corrected chi connectivity index (χ1v) is 9.62. The van der Waals surface area contributed by atoms with Crippen LogP contribution < -0.4 is 5.32 Å². The molecular formula is C23H28N2O2. The minimum atomic E-state index is -0.284. The Hall–Kier alpha value is -2.62. The molecule has 4 heteroatoms. The van der Waals surface area contributed by atoms with Gasteiger partial charge < -0.3 is 10.2 Å². The Bertz CT molecular complexity index is 784. The molecule has 2 aromatic carbocycles. The molecule has 1 fully saturated rings. The molecule has 0 aromatic heterocycles. The van der Waals surface area contributed by atoms with E-state index in [9.17, 15) is 9.59 Å². The van der Waals surface area contributed by atoms with E-state index in [0.717, 1.165) is 11.1 Å². The van der Waals surface area contributed by atoms with Gasteiger partial charge in [0.05, 0.1) is 12.0 Å². The van der Waals surface area contributed by atoms with Crippen LogP contribution in [0.25, 0.3) is 0 Å². The van der Waals surface area contributed by atoms with E-state index < -0.39 is 0 Å². The van der Waals surface area contributed by atoms with Crippen molar-refractivity contribution in [3.8, 4) is 0 Å². The predicted octanol–water partition coefficient (Wildman–Crippen LogP) is 3.86. The third kappa shape index (κ3) is 4.76. The Labute approximate surface area is 161 Å². The van der Waals surface area contributed by atoms with Gasteiger partial charge >= 0.3 is 0 Å². The van der Waals surface area contributed by atoms with Crippen LogP contribution in [0.4, 0.5) is 0 Å². The summed E-state index contributed by atoms with van der Waals surface area (Å²) in [5.41, 5.74) is 3.39. The van der Waals surface area contributed by atoms with Crippen molar-refractivity contribution in [2.75, 3.05) is 6.54 Å². The average Bonchev–Trinajstić information content (AvgIpc) is 3.02.